The smallest absolute Gasteiger partial charge is 0.188 e. The predicted octanol–water partition coefficient (Wildman–Crippen LogP) is 3.48. The maximum atomic E-state index is 5.77. The Kier molecular flexibility index (Phi) is 5.01. The molecule has 3 aromatic rings. The summed E-state index contributed by atoms with van der Waals surface area (Å²) in [6.07, 6.45) is 2.98. The van der Waals surface area contributed by atoms with Gasteiger partial charge in [-0.3, -0.25) is 0 Å². The van der Waals surface area contributed by atoms with Crippen LogP contribution in [0.25, 0.3) is 11.3 Å². The summed E-state index contributed by atoms with van der Waals surface area (Å²) in [5.74, 6) is 0.805. The van der Waals surface area contributed by atoms with Crippen LogP contribution in [0.2, 0.25) is 0 Å². The van der Waals surface area contributed by atoms with Crippen molar-refractivity contribution in [2.75, 3.05) is 25.0 Å². The number of thiazole rings is 1. The number of nitrogens with one attached hydrogen (secondary N) is 2. The van der Waals surface area contributed by atoms with E-state index in [4.69, 9.17) is 4.74 Å². The number of morpholine rings is 1. The fourth-order valence-corrected chi connectivity index (χ4v) is 3.56. The number of aromatic nitrogens is 2. The Morgan fingerprint density at radius 1 is 1.20 bits per heavy atom. The lowest BCUT2D eigenvalue weighted by molar-refractivity contribution is 0.0292. The molecule has 25 heavy (non-hydrogen) atoms. The molecule has 0 amide bonds. The van der Waals surface area contributed by atoms with E-state index in [2.05, 4.69) is 50.2 Å². The normalized spacial score (nSPS) is 17.4. The van der Waals surface area contributed by atoms with Gasteiger partial charge in [0.15, 0.2) is 5.13 Å². The van der Waals surface area contributed by atoms with Crippen molar-refractivity contribution in [1.29, 1.82) is 0 Å². The largest absolute Gasteiger partial charge is 0.375 e. The molecule has 128 valence electrons. The fourth-order valence-electron chi connectivity index (χ4n) is 2.84. The number of rotatable bonds is 5. The molecule has 1 aliphatic heterocycles. The van der Waals surface area contributed by atoms with Gasteiger partial charge in [-0.05, 0) is 24.1 Å². The van der Waals surface area contributed by atoms with Crippen molar-refractivity contribution in [2.45, 2.75) is 12.5 Å². The van der Waals surface area contributed by atoms with Crippen molar-refractivity contribution in [2.24, 2.45) is 0 Å². The Morgan fingerprint density at radius 3 is 2.88 bits per heavy atom. The third-order valence-corrected chi connectivity index (χ3v) is 4.88. The van der Waals surface area contributed by atoms with Crippen LogP contribution in [0, 0.1) is 0 Å². The molecule has 0 saturated carbocycles. The van der Waals surface area contributed by atoms with E-state index in [-0.39, 0.29) is 6.10 Å². The van der Waals surface area contributed by atoms with Gasteiger partial charge in [-0.15, -0.1) is 11.3 Å². The van der Waals surface area contributed by atoms with Crippen molar-refractivity contribution < 1.29 is 4.74 Å². The molecule has 1 unspecified atom stereocenters. The van der Waals surface area contributed by atoms with Crippen molar-refractivity contribution in [3.63, 3.8) is 0 Å². The molecular weight excluding hydrogens is 332 g/mol. The monoisotopic (exact) mass is 352 g/mol. The van der Waals surface area contributed by atoms with Crippen molar-refractivity contribution in [3.8, 4) is 11.3 Å². The Balaban J connectivity index is 1.41. The lowest BCUT2D eigenvalue weighted by Gasteiger charge is -2.23. The fraction of sp³-hybridized carbons (Fsp3) is 0.263. The van der Waals surface area contributed by atoms with Gasteiger partial charge >= 0.3 is 0 Å². The number of anilines is 2. The first-order chi connectivity index (χ1) is 12.4. The number of hydrogen-bond acceptors (Lipinski definition) is 6. The molecule has 1 fully saturated rings. The van der Waals surface area contributed by atoms with Crippen LogP contribution >= 0.6 is 11.3 Å². The highest BCUT2D eigenvalue weighted by atomic mass is 32.1. The third kappa shape index (κ3) is 4.22. The summed E-state index contributed by atoms with van der Waals surface area (Å²) < 4.78 is 5.77. The second kappa shape index (κ2) is 7.74. The molecule has 2 aromatic heterocycles. The maximum Gasteiger partial charge on any atom is 0.188 e. The summed E-state index contributed by atoms with van der Waals surface area (Å²) in [5, 5.41) is 9.51. The molecule has 0 spiro atoms. The minimum Gasteiger partial charge on any atom is -0.375 e. The summed E-state index contributed by atoms with van der Waals surface area (Å²) in [7, 11) is 0. The molecule has 0 aliphatic carbocycles. The Morgan fingerprint density at radius 2 is 2.12 bits per heavy atom. The molecule has 5 nitrogen and oxygen atoms in total. The van der Waals surface area contributed by atoms with Crippen LogP contribution in [0.4, 0.5) is 10.9 Å². The molecule has 1 saturated heterocycles. The van der Waals surface area contributed by atoms with E-state index in [9.17, 15) is 0 Å². The highest BCUT2D eigenvalue weighted by Crippen LogP contribution is 2.27. The van der Waals surface area contributed by atoms with E-state index in [0.29, 0.717) is 0 Å². The van der Waals surface area contributed by atoms with Gasteiger partial charge in [0.1, 0.15) is 5.82 Å². The summed E-state index contributed by atoms with van der Waals surface area (Å²) in [4.78, 5) is 8.92. The van der Waals surface area contributed by atoms with Crippen molar-refractivity contribution in [3.05, 3.63) is 59.6 Å². The van der Waals surface area contributed by atoms with Crippen LogP contribution in [0.3, 0.4) is 0 Å². The van der Waals surface area contributed by atoms with E-state index in [1.165, 1.54) is 5.56 Å². The van der Waals surface area contributed by atoms with Gasteiger partial charge < -0.3 is 15.4 Å². The molecule has 1 atom stereocenters. The number of benzene rings is 1. The molecule has 3 heterocycles. The van der Waals surface area contributed by atoms with Crippen LogP contribution in [0.1, 0.15) is 5.56 Å². The summed E-state index contributed by atoms with van der Waals surface area (Å²) >= 11 is 1.58. The molecule has 0 bridgehead atoms. The molecule has 6 heteroatoms. The van der Waals surface area contributed by atoms with Gasteiger partial charge in [0.25, 0.3) is 0 Å². The van der Waals surface area contributed by atoms with Crippen LogP contribution in [0.15, 0.2) is 54.0 Å². The van der Waals surface area contributed by atoms with Gasteiger partial charge in [-0.1, -0.05) is 30.3 Å². The van der Waals surface area contributed by atoms with Crippen molar-refractivity contribution >= 4 is 22.3 Å². The minimum atomic E-state index is 0.271. The average molecular weight is 352 g/mol. The van der Waals surface area contributed by atoms with Gasteiger partial charge in [-0.25, -0.2) is 9.97 Å². The Hall–Kier alpha value is -2.28. The summed E-state index contributed by atoms with van der Waals surface area (Å²) in [6, 6.07) is 14.4. The first-order valence-electron chi connectivity index (χ1n) is 8.42. The minimum absolute atomic E-state index is 0.271. The zero-order valence-electron chi connectivity index (χ0n) is 13.8. The standard InChI is InChI=1S/C19H20N4OS/c1-2-8-21-18(3-1)23-19-22-17(13-25-19)15-6-4-14(5-7-15)11-16-12-20-9-10-24-16/h1-8,13,16,20H,9-12H2,(H,21,22,23). The van der Waals surface area contributed by atoms with Crippen LogP contribution < -0.4 is 10.6 Å². The maximum absolute atomic E-state index is 5.77. The second-order valence-corrected chi connectivity index (χ2v) is 6.83. The second-order valence-electron chi connectivity index (χ2n) is 5.98. The van der Waals surface area contributed by atoms with E-state index < -0.39 is 0 Å². The molecule has 4 rings (SSSR count). The van der Waals surface area contributed by atoms with Crippen LogP contribution in [0.5, 0.6) is 0 Å². The lowest BCUT2D eigenvalue weighted by atomic mass is 10.0. The summed E-state index contributed by atoms with van der Waals surface area (Å²) in [5.41, 5.74) is 3.39. The topological polar surface area (TPSA) is 59.1 Å². The first kappa shape index (κ1) is 16.2. The van der Waals surface area contributed by atoms with E-state index in [1.54, 1.807) is 17.5 Å². The van der Waals surface area contributed by atoms with Crippen LogP contribution in [-0.2, 0) is 11.2 Å². The van der Waals surface area contributed by atoms with E-state index in [1.807, 2.05) is 18.2 Å². The van der Waals surface area contributed by atoms with E-state index in [0.717, 1.165) is 48.3 Å². The third-order valence-electron chi connectivity index (χ3n) is 4.12. The molecule has 1 aromatic carbocycles. The SMILES string of the molecule is c1ccc(Nc2nc(-c3ccc(CC4CNCCO4)cc3)cs2)nc1. The van der Waals surface area contributed by atoms with E-state index >= 15 is 0 Å². The highest BCUT2D eigenvalue weighted by molar-refractivity contribution is 7.14. The average Bonchev–Trinajstić information content (AvgIpc) is 3.12. The van der Waals surface area contributed by atoms with Crippen molar-refractivity contribution in [1.82, 2.24) is 15.3 Å². The van der Waals surface area contributed by atoms with Gasteiger partial charge in [0.2, 0.25) is 0 Å². The van der Waals surface area contributed by atoms with Gasteiger partial charge in [0.05, 0.1) is 18.4 Å². The quantitative estimate of drug-likeness (QED) is 0.736. The highest BCUT2D eigenvalue weighted by Gasteiger charge is 2.14. The molecule has 0 radical (unpaired) electrons. The predicted molar refractivity (Wildman–Crippen MR) is 101 cm³/mol. The summed E-state index contributed by atoms with van der Waals surface area (Å²) in [6.45, 7) is 2.68. The first-order valence-corrected chi connectivity index (χ1v) is 9.30. The van der Waals surface area contributed by atoms with Gasteiger partial charge in [0, 0.05) is 30.2 Å². The molecule has 2 N–H and O–H groups in total. The zero-order chi connectivity index (χ0) is 16.9. The van der Waals surface area contributed by atoms with Gasteiger partial charge in [-0.2, -0.15) is 0 Å². The number of pyridine rings is 1. The lowest BCUT2D eigenvalue weighted by Crippen LogP contribution is -2.39. The molecular formula is C19H20N4OS. The number of nitrogens with zero attached hydrogens (tertiary/aromatic N) is 2. The number of hydrogen-bond donors (Lipinski definition) is 2. The number of ether oxygens (including phenoxy) is 1. The van der Waals surface area contributed by atoms with Crippen LogP contribution in [-0.4, -0.2) is 35.8 Å². The Bertz CT molecular complexity index is 798. The zero-order valence-corrected chi connectivity index (χ0v) is 14.6. The molecule has 1 aliphatic rings. The Labute approximate surface area is 151 Å².